The summed E-state index contributed by atoms with van der Waals surface area (Å²) in [7, 11) is 0. The molecule has 0 bridgehead atoms. The number of aryl methyl sites for hydroxylation is 1. The molecule has 1 aromatic carbocycles. The summed E-state index contributed by atoms with van der Waals surface area (Å²) in [4.78, 5) is 33.5. The molecule has 0 radical (unpaired) electrons. The average molecular weight is 432 g/mol. The molecule has 1 saturated heterocycles. The van der Waals surface area contributed by atoms with E-state index in [1.807, 2.05) is 6.07 Å². The van der Waals surface area contributed by atoms with Gasteiger partial charge in [0.1, 0.15) is 5.82 Å². The van der Waals surface area contributed by atoms with Gasteiger partial charge in [0.15, 0.2) is 5.13 Å². The standard InChI is InChI=1S/C21H26FN5O2S/c1-14-2-3-15(11-18(14)22)10-17-12-23-20(30-17)25-21(29)27-8-6-26(7-9-27)13-19(28)24-16-4-5-16/h2-3,11-12,16H,4-10,13H2,1H3,(H,24,28)(H,23,25,29). The largest absolute Gasteiger partial charge is 0.352 e. The third-order valence-corrected chi connectivity index (χ3v) is 6.26. The van der Waals surface area contributed by atoms with Crippen LogP contribution in [0.25, 0.3) is 0 Å². The smallest absolute Gasteiger partial charge is 0.323 e. The number of thiazole rings is 1. The maximum atomic E-state index is 13.7. The molecule has 0 atom stereocenters. The van der Waals surface area contributed by atoms with Gasteiger partial charge in [-0.3, -0.25) is 15.0 Å². The van der Waals surface area contributed by atoms with Gasteiger partial charge in [-0.25, -0.2) is 14.2 Å². The van der Waals surface area contributed by atoms with Crippen molar-refractivity contribution < 1.29 is 14.0 Å². The second-order valence-electron chi connectivity index (χ2n) is 7.93. The zero-order valence-corrected chi connectivity index (χ0v) is 17.8. The Kier molecular flexibility index (Phi) is 6.29. The van der Waals surface area contributed by atoms with E-state index in [9.17, 15) is 14.0 Å². The fourth-order valence-electron chi connectivity index (χ4n) is 3.38. The number of carbonyl (C=O) groups excluding carboxylic acids is 2. The molecule has 1 aliphatic carbocycles. The van der Waals surface area contributed by atoms with Gasteiger partial charge in [0.05, 0.1) is 6.54 Å². The third-order valence-electron chi connectivity index (χ3n) is 5.35. The number of nitrogens with one attached hydrogen (secondary N) is 2. The number of aromatic nitrogens is 1. The monoisotopic (exact) mass is 431 g/mol. The Morgan fingerprint density at radius 2 is 2.00 bits per heavy atom. The van der Waals surface area contributed by atoms with Crippen molar-refractivity contribution in [2.24, 2.45) is 0 Å². The highest BCUT2D eigenvalue weighted by atomic mass is 32.1. The zero-order valence-electron chi connectivity index (χ0n) is 17.0. The van der Waals surface area contributed by atoms with Crippen LogP contribution in [0, 0.1) is 12.7 Å². The maximum Gasteiger partial charge on any atom is 0.323 e. The third kappa shape index (κ3) is 5.54. The van der Waals surface area contributed by atoms with Crippen LogP contribution in [-0.2, 0) is 11.2 Å². The van der Waals surface area contributed by atoms with Gasteiger partial charge in [0.2, 0.25) is 5.91 Å². The van der Waals surface area contributed by atoms with Crippen LogP contribution in [0.15, 0.2) is 24.4 Å². The van der Waals surface area contributed by atoms with Crippen molar-refractivity contribution in [2.75, 3.05) is 38.0 Å². The molecule has 0 unspecified atom stereocenters. The minimum absolute atomic E-state index is 0.0687. The molecule has 1 aromatic heterocycles. The molecule has 4 rings (SSSR count). The first kappa shape index (κ1) is 20.7. The first-order valence-corrected chi connectivity index (χ1v) is 11.1. The number of nitrogens with zero attached hydrogens (tertiary/aromatic N) is 3. The first-order valence-electron chi connectivity index (χ1n) is 10.2. The van der Waals surface area contributed by atoms with E-state index in [1.54, 1.807) is 24.1 Å². The zero-order chi connectivity index (χ0) is 21.1. The summed E-state index contributed by atoms with van der Waals surface area (Å²) in [6.07, 6.45) is 4.46. The van der Waals surface area contributed by atoms with E-state index in [0.717, 1.165) is 23.3 Å². The molecule has 0 spiro atoms. The Labute approximate surface area is 179 Å². The average Bonchev–Trinajstić information content (AvgIpc) is 3.42. The lowest BCUT2D eigenvalue weighted by molar-refractivity contribution is -0.122. The summed E-state index contributed by atoms with van der Waals surface area (Å²) in [5.41, 5.74) is 1.50. The molecular weight excluding hydrogens is 405 g/mol. The molecule has 30 heavy (non-hydrogen) atoms. The highest BCUT2D eigenvalue weighted by Crippen LogP contribution is 2.23. The predicted octanol–water partition coefficient (Wildman–Crippen LogP) is 2.61. The number of hydrogen-bond acceptors (Lipinski definition) is 5. The van der Waals surface area contributed by atoms with Crippen molar-refractivity contribution in [1.29, 1.82) is 0 Å². The lowest BCUT2D eigenvalue weighted by Gasteiger charge is -2.34. The van der Waals surface area contributed by atoms with E-state index >= 15 is 0 Å². The van der Waals surface area contributed by atoms with Crippen LogP contribution in [0.3, 0.4) is 0 Å². The van der Waals surface area contributed by atoms with Gasteiger partial charge in [-0.15, -0.1) is 11.3 Å². The molecular formula is C21H26FN5O2S. The van der Waals surface area contributed by atoms with Crippen LogP contribution in [0.5, 0.6) is 0 Å². The van der Waals surface area contributed by atoms with Crippen LogP contribution in [-0.4, -0.2) is 65.5 Å². The lowest BCUT2D eigenvalue weighted by atomic mass is 10.1. The number of halogens is 1. The molecule has 1 aliphatic heterocycles. The maximum absolute atomic E-state index is 13.7. The molecule has 2 N–H and O–H groups in total. The number of anilines is 1. The van der Waals surface area contributed by atoms with E-state index in [1.165, 1.54) is 17.4 Å². The Balaban J connectivity index is 1.23. The molecule has 2 heterocycles. The summed E-state index contributed by atoms with van der Waals surface area (Å²) < 4.78 is 13.7. The van der Waals surface area contributed by atoms with Crippen LogP contribution < -0.4 is 10.6 Å². The Morgan fingerprint density at radius 3 is 2.70 bits per heavy atom. The van der Waals surface area contributed by atoms with Gasteiger partial charge < -0.3 is 10.2 Å². The summed E-state index contributed by atoms with van der Waals surface area (Å²) in [5, 5.41) is 6.38. The highest BCUT2D eigenvalue weighted by Gasteiger charge is 2.26. The molecule has 160 valence electrons. The van der Waals surface area contributed by atoms with Gasteiger partial charge in [0.25, 0.3) is 0 Å². The quantitative estimate of drug-likeness (QED) is 0.737. The first-order chi connectivity index (χ1) is 14.5. The highest BCUT2D eigenvalue weighted by molar-refractivity contribution is 7.15. The molecule has 2 aliphatic rings. The number of hydrogen-bond donors (Lipinski definition) is 2. The second-order valence-corrected chi connectivity index (χ2v) is 9.04. The Bertz CT molecular complexity index is 922. The van der Waals surface area contributed by atoms with E-state index in [2.05, 4.69) is 20.5 Å². The second kappa shape index (κ2) is 9.09. The van der Waals surface area contributed by atoms with Crippen molar-refractivity contribution in [3.63, 3.8) is 0 Å². The number of carbonyl (C=O) groups is 2. The minimum atomic E-state index is -0.213. The van der Waals surface area contributed by atoms with E-state index in [4.69, 9.17) is 0 Å². The number of urea groups is 1. The molecule has 3 amide bonds. The molecule has 7 nitrogen and oxygen atoms in total. The molecule has 2 fully saturated rings. The molecule has 2 aromatic rings. The molecule has 1 saturated carbocycles. The Morgan fingerprint density at radius 1 is 1.23 bits per heavy atom. The van der Waals surface area contributed by atoms with Crippen molar-refractivity contribution >= 4 is 28.4 Å². The van der Waals surface area contributed by atoms with Crippen molar-refractivity contribution in [3.05, 3.63) is 46.2 Å². The van der Waals surface area contributed by atoms with Gasteiger partial charge in [-0.1, -0.05) is 12.1 Å². The molecule has 9 heteroatoms. The number of rotatable bonds is 6. The SMILES string of the molecule is Cc1ccc(Cc2cnc(NC(=O)N3CCN(CC(=O)NC4CC4)CC3)s2)cc1F. The summed E-state index contributed by atoms with van der Waals surface area (Å²) in [6, 6.07) is 5.40. The van der Waals surface area contributed by atoms with Crippen LogP contribution in [0.1, 0.15) is 28.8 Å². The number of benzene rings is 1. The van der Waals surface area contributed by atoms with Gasteiger partial charge in [0, 0.05) is 49.7 Å². The fourth-order valence-corrected chi connectivity index (χ4v) is 4.21. The van der Waals surface area contributed by atoms with E-state index in [-0.39, 0.29) is 17.8 Å². The van der Waals surface area contributed by atoms with Crippen LogP contribution >= 0.6 is 11.3 Å². The van der Waals surface area contributed by atoms with Crippen LogP contribution in [0.4, 0.5) is 14.3 Å². The van der Waals surface area contributed by atoms with Crippen molar-refractivity contribution in [3.8, 4) is 0 Å². The Hall–Kier alpha value is -2.52. The lowest BCUT2D eigenvalue weighted by Crippen LogP contribution is -2.52. The van der Waals surface area contributed by atoms with Crippen LogP contribution in [0.2, 0.25) is 0 Å². The topological polar surface area (TPSA) is 77.6 Å². The van der Waals surface area contributed by atoms with Gasteiger partial charge in [-0.05, 0) is 37.0 Å². The minimum Gasteiger partial charge on any atom is -0.352 e. The van der Waals surface area contributed by atoms with Crippen molar-refractivity contribution in [2.45, 2.75) is 32.2 Å². The van der Waals surface area contributed by atoms with E-state index < -0.39 is 0 Å². The van der Waals surface area contributed by atoms with Gasteiger partial charge >= 0.3 is 6.03 Å². The normalized spacial score (nSPS) is 17.1. The van der Waals surface area contributed by atoms with Gasteiger partial charge in [-0.2, -0.15) is 0 Å². The number of piperazine rings is 1. The fraction of sp³-hybridized carbons (Fsp3) is 0.476. The van der Waals surface area contributed by atoms with Crippen molar-refractivity contribution in [1.82, 2.24) is 20.1 Å². The van der Waals surface area contributed by atoms with E-state index in [0.29, 0.717) is 55.9 Å². The number of amides is 3. The summed E-state index contributed by atoms with van der Waals surface area (Å²) >= 11 is 1.40. The summed E-state index contributed by atoms with van der Waals surface area (Å²) in [6.45, 7) is 4.62. The summed E-state index contributed by atoms with van der Waals surface area (Å²) in [5.74, 6) is -0.145. The predicted molar refractivity (Wildman–Crippen MR) is 114 cm³/mol.